The molecule has 1 saturated heterocycles. The van der Waals surface area contributed by atoms with E-state index in [-0.39, 0.29) is 14.9 Å². The molecule has 0 saturated carbocycles. The third-order valence-electron chi connectivity index (χ3n) is 4.51. The van der Waals surface area contributed by atoms with Crippen LogP contribution in [0.25, 0.3) is 0 Å². The van der Waals surface area contributed by atoms with E-state index in [0.717, 1.165) is 24.2 Å². The van der Waals surface area contributed by atoms with Gasteiger partial charge in [0, 0.05) is 19.6 Å². The number of hydrogen-bond donors (Lipinski definition) is 1. The van der Waals surface area contributed by atoms with Gasteiger partial charge >= 0.3 is 0 Å². The molecule has 8 heteroatoms. The maximum Gasteiger partial charge on any atom is 0.244 e. The minimum absolute atomic E-state index is 0.0903. The van der Waals surface area contributed by atoms with Crippen molar-refractivity contribution in [1.82, 2.24) is 9.62 Å². The first-order valence-electron chi connectivity index (χ1n) is 8.70. The van der Waals surface area contributed by atoms with E-state index in [9.17, 15) is 8.42 Å². The van der Waals surface area contributed by atoms with Gasteiger partial charge in [-0.05, 0) is 24.6 Å². The maximum absolute atomic E-state index is 13.0. The van der Waals surface area contributed by atoms with Crippen molar-refractivity contribution in [3.05, 3.63) is 63.6 Å². The summed E-state index contributed by atoms with van der Waals surface area (Å²) in [6, 6.07) is 12.1. The molecule has 146 valence electrons. The van der Waals surface area contributed by atoms with Crippen LogP contribution in [-0.2, 0) is 14.8 Å². The van der Waals surface area contributed by atoms with Crippen molar-refractivity contribution in [1.29, 1.82) is 0 Å². The smallest absolute Gasteiger partial charge is 0.244 e. The fourth-order valence-corrected chi connectivity index (χ4v) is 5.40. The lowest BCUT2D eigenvalue weighted by Crippen LogP contribution is -2.43. The van der Waals surface area contributed by atoms with E-state index in [4.69, 9.17) is 27.9 Å². The molecule has 3 rings (SSSR count). The van der Waals surface area contributed by atoms with Gasteiger partial charge in [-0.25, -0.2) is 13.1 Å². The van der Waals surface area contributed by atoms with Crippen LogP contribution >= 0.6 is 23.2 Å². The summed E-state index contributed by atoms with van der Waals surface area (Å²) >= 11 is 12.3. The van der Waals surface area contributed by atoms with Crippen molar-refractivity contribution in [2.75, 3.05) is 32.8 Å². The number of nitrogens with one attached hydrogen (secondary N) is 1. The fourth-order valence-electron chi connectivity index (χ4n) is 3.04. The number of benzene rings is 2. The summed E-state index contributed by atoms with van der Waals surface area (Å²) in [5.41, 5.74) is 2.00. The highest BCUT2D eigenvalue weighted by Gasteiger charge is 2.27. The molecule has 1 atom stereocenters. The predicted molar refractivity (Wildman–Crippen MR) is 108 cm³/mol. The van der Waals surface area contributed by atoms with Crippen LogP contribution < -0.4 is 4.72 Å². The molecule has 2 aromatic rings. The van der Waals surface area contributed by atoms with Crippen LogP contribution in [-0.4, -0.2) is 46.2 Å². The zero-order valence-corrected chi connectivity index (χ0v) is 17.3. The van der Waals surface area contributed by atoms with Gasteiger partial charge in [-0.2, -0.15) is 0 Å². The summed E-state index contributed by atoms with van der Waals surface area (Å²) in [7, 11) is -3.90. The Hall–Kier alpha value is -1.15. The minimum Gasteiger partial charge on any atom is -0.379 e. The summed E-state index contributed by atoms with van der Waals surface area (Å²) in [5.74, 6) is 0. The largest absolute Gasteiger partial charge is 0.379 e. The van der Waals surface area contributed by atoms with Gasteiger partial charge in [-0.15, -0.1) is 0 Å². The Balaban J connectivity index is 1.91. The first kappa shape index (κ1) is 20.6. The topological polar surface area (TPSA) is 58.6 Å². The molecular weight excluding hydrogens is 407 g/mol. The number of hydrogen-bond acceptors (Lipinski definition) is 4. The predicted octanol–water partition coefficient (Wildman–Crippen LogP) is 3.65. The third-order valence-corrected chi connectivity index (χ3v) is 6.94. The van der Waals surface area contributed by atoms with Crippen LogP contribution in [0.1, 0.15) is 17.2 Å². The summed E-state index contributed by atoms with van der Waals surface area (Å²) in [6.07, 6.45) is 0. The molecular formula is C19H22Cl2N2O3S. The molecule has 0 aliphatic carbocycles. The SMILES string of the molecule is Cc1ccc([C@@H](CN2CCOCC2)NS(=O)(=O)c2c(Cl)cccc2Cl)cc1. The van der Waals surface area contributed by atoms with Gasteiger partial charge in [0.15, 0.2) is 0 Å². The Morgan fingerprint density at radius 2 is 1.67 bits per heavy atom. The summed E-state index contributed by atoms with van der Waals surface area (Å²) < 4.78 is 34.3. The molecule has 1 aliphatic heterocycles. The molecule has 0 spiro atoms. The highest BCUT2D eigenvalue weighted by Crippen LogP contribution is 2.30. The molecule has 0 unspecified atom stereocenters. The van der Waals surface area contributed by atoms with Crippen molar-refractivity contribution >= 4 is 33.2 Å². The highest BCUT2D eigenvalue weighted by atomic mass is 35.5. The first-order valence-corrected chi connectivity index (χ1v) is 10.9. The Labute approximate surface area is 170 Å². The number of morpholine rings is 1. The number of aryl methyl sites for hydroxylation is 1. The van der Waals surface area contributed by atoms with Crippen LogP contribution in [0.2, 0.25) is 10.0 Å². The Kier molecular flexibility index (Phi) is 6.78. The fraction of sp³-hybridized carbons (Fsp3) is 0.368. The summed E-state index contributed by atoms with van der Waals surface area (Å²) in [4.78, 5) is 2.09. The van der Waals surface area contributed by atoms with Crippen LogP contribution in [0.15, 0.2) is 47.4 Å². The second kappa shape index (κ2) is 8.90. The van der Waals surface area contributed by atoms with Crippen LogP contribution in [0, 0.1) is 6.92 Å². The molecule has 1 fully saturated rings. The molecule has 5 nitrogen and oxygen atoms in total. The molecule has 0 amide bonds. The Morgan fingerprint density at radius 3 is 2.26 bits per heavy atom. The minimum atomic E-state index is -3.90. The van der Waals surface area contributed by atoms with Gasteiger partial charge in [0.1, 0.15) is 4.90 Å². The van der Waals surface area contributed by atoms with Crippen molar-refractivity contribution in [2.45, 2.75) is 17.9 Å². The molecule has 2 aromatic carbocycles. The average molecular weight is 429 g/mol. The lowest BCUT2D eigenvalue weighted by molar-refractivity contribution is 0.0345. The summed E-state index contributed by atoms with van der Waals surface area (Å²) in [5, 5.41) is 0.202. The van der Waals surface area contributed by atoms with Crippen LogP contribution in [0.3, 0.4) is 0 Å². The molecule has 1 aliphatic rings. The van der Waals surface area contributed by atoms with E-state index < -0.39 is 16.1 Å². The number of nitrogens with zero attached hydrogens (tertiary/aromatic N) is 1. The van der Waals surface area contributed by atoms with E-state index in [1.807, 2.05) is 31.2 Å². The molecule has 1 heterocycles. The molecule has 1 N–H and O–H groups in total. The van der Waals surface area contributed by atoms with Gasteiger partial charge in [-0.1, -0.05) is 59.1 Å². The van der Waals surface area contributed by atoms with E-state index in [2.05, 4.69) is 9.62 Å². The molecule has 0 aromatic heterocycles. The Morgan fingerprint density at radius 1 is 1.07 bits per heavy atom. The molecule has 0 bridgehead atoms. The van der Waals surface area contributed by atoms with Gasteiger partial charge < -0.3 is 4.74 Å². The molecule has 0 radical (unpaired) electrons. The van der Waals surface area contributed by atoms with Crippen molar-refractivity contribution in [3.63, 3.8) is 0 Å². The first-order chi connectivity index (χ1) is 12.9. The highest BCUT2D eigenvalue weighted by molar-refractivity contribution is 7.89. The van der Waals surface area contributed by atoms with Crippen LogP contribution in [0.5, 0.6) is 0 Å². The van der Waals surface area contributed by atoms with Gasteiger partial charge in [0.05, 0.1) is 29.3 Å². The second-order valence-electron chi connectivity index (χ2n) is 6.55. The quantitative estimate of drug-likeness (QED) is 0.762. The van der Waals surface area contributed by atoms with E-state index in [1.165, 1.54) is 12.1 Å². The van der Waals surface area contributed by atoms with Gasteiger partial charge in [-0.3, -0.25) is 4.90 Å². The lowest BCUT2D eigenvalue weighted by atomic mass is 10.1. The van der Waals surface area contributed by atoms with E-state index in [0.29, 0.717) is 19.8 Å². The standard InChI is InChI=1S/C19H22Cl2N2O3S/c1-14-5-7-15(8-6-14)18(13-23-9-11-26-12-10-23)22-27(24,25)19-16(20)3-2-4-17(19)21/h2-8,18,22H,9-13H2,1H3/t18-/m1/s1. The number of sulfonamides is 1. The van der Waals surface area contributed by atoms with Crippen molar-refractivity contribution in [3.8, 4) is 0 Å². The van der Waals surface area contributed by atoms with Crippen molar-refractivity contribution in [2.24, 2.45) is 0 Å². The lowest BCUT2D eigenvalue weighted by Gasteiger charge is -2.31. The summed E-state index contributed by atoms with van der Waals surface area (Å²) in [6.45, 7) is 5.34. The zero-order valence-electron chi connectivity index (χ0n) is 15.0. The second-order valence-corrected chi connectivity index (χ2v) is 9.01. The van der Waals surface area contributed by atoms with E-state index >= 15 is 0 Å². The zero-order chi connectivity index (χ0) is 19.4. The molecule has 27 heavy (non-hydrogen) atoms. The van der Waals surface area contributed by atoms with Gasteiger partial charge in [0.25, 0.3) is 0 Å². The normalized spacial score (nSPS) is 17.0. The van der Waals surface area contributed by atoms with Crippen LogP contribution in [0.4, 0.5) is 0 Å². The number of halogens is 2. The Bertz CT molecular complexity index is 862. The maximum atomic E-state index is 13.0. The number of ether oxygens (including phenoxy) is 1. The van der Waals surface area contributed by atoms with Crippen molar-refractivity contribution < 1.29 is 13.2 Å². The average Bonchev–Trinajstić information content (AvgIpc) is 2.62. The van der Waals surface area contributed by atoms with E-state index in [1.54, 1.807) is 6.07 Å². The monoisotopic (exact) mass is 428 g/mol. The number of rotatable bonds is 6. The van der Waals surface area contributed by atoms with Gasteiger partial charge in [0.2, 0.25) is 10.0 Å². The third kappa shape index (κ3) is 5.22.